The zero-order valence-electron chi connectivity index (χ0n) is 23.7. The van der Waals surface area contributed by atoms with Crippen molar-refractivity contribution >= 4 is 85.0 Å². The van der Waals surface area contributed by atoms with Gasteiger partial charge in [-0.25, -0.2) is 15.0 Å². The number of hydrogen-bond acceptors (Lipinski definition) is 6. The lowest BCUT2D eigenvalue weighted by Crippen LogP contribution is -2.00. The number of benzene rings is 6. The second-order valence-corrected chi connectivity index (χ2v) is 13.3. The zero-order chi connectivity index (χ0) is 29.5. The van der Waals surface area contributed by atoms with Gasteiger partial charge in [0.05, 0.1) is 5.56 Å². The maximum absolute atomic E-state index is 6.68. The summed E-state index contributed by atoms with van der Waals surface area (Å²) < 4.78 is 11.9. The minimum absolute atomic E-state index is 0.589. The second-order valence-electron chi connectivity index (χ2n) is 11.2. The first-order chi connectivity index (χ1) is 22.3. The van der Waals surface area contributed by atoms with E-state index in [1.165, 1.54) is 40.3 Å². The van der Waals surface area contributed by atoms with Crippen LogP contribution in [0.5, 0.6) is 0 Å². The van der Waals surface area contributed by atoms with Crippen LogP contribution in [-0.4, -0.2) is 15.0 Å². The fourth-order valence-corrected chi connectivity index (χ4v) is 9.08. The van der Waals surface area contributed by atoms with Gasteiger partial charge >= 0.3 is 0 Å². The van der Waals surface area contributed by atoms with Crippen LogP contribution in [-0.2, 0) is 0 Å². The quantitative estimate of drug-likeness (QED) is 0.199. The molecule has 0 atom stereocenters. The molecule has 0 aliphatic rings. The number of rotatable bonds is 3. The van der Waals surface area contributed by atoms with Gasteiger partial charge in [-0.05, 0) is 30.3 Å². The zero-order valence-corrected chi connectivity index (χ0v) is 25.3. The van der Waals surface area contributed by atoms with Crippen LogP contribution in [0.3, 0.4) is 0 Å². The lowest BCUT2D eigenvalue weighted by molar-refractivity contribution is 0.670. The monoisotopic (exact) mass is 611 g/mol. The highest BCUT2D eigenvalue weighted by atomic mass is 32.1. The summed E-state index contributed by atoms with van der Waals surface area (Å²) in [6.07, 6.45) is 0. The molecule has 0 amide bonds. The summed E-state index contributed by atoms with van der Waals surface area (Å²) in [5.41, 5.74) is 4.38. The highest BCUT2D eigenvalue weighted by Gasteiger charge is 2.21. The van der Waals surface area contributed by atoms with E-state index in [0.29, 0.717) is 17.5 Å². The SMILES string of the molecule is c1ccc(-c2nc(-c3ccccc3)nc(-c3cccc4c3oc3ccc5c6ccc7sc8ccccc8c7c6sc5c34)n2)cc1. The van der Waals surface area contributed by atoms with Gasteiger partial charge in [0, 0.05) is 62.2 Å². The van der Waals surface area contributed by atoms with E-state index in [4.69, 9.17) is 19.4 Å². The smallest absolute Gasteiger partial charge is 0.167 e. The maximum Gasteiger partial charge on any atom is 0.167 e. The van der Waals surface area contributed by atoms with Crippen molar-refractivity contribution in [3.8, 4) is 34.2 Å². The molecule has 45 heavy (non-hydrogen) atoms. The number of aromatic nitrogens is 3. The normalized spacial score (nSPS) is 12.0. The van der Waals surface area contributed by atoms with E-state index in [1.807, 2.05) is 89.4 Å². The molecular formula is C39H21N3OS2. The Morgan fingerprint density at radius 3 is 1.80 bits per heavy atom. The molecule has 4 nitrogen and oxygen atoms in total. The summed E-state index contributed by atoms with van der Waals surface area (Å²) in [5, 5.41) is 7.42. The molecule has 210 valence electrons. The van der Waals surface area contributed by atoms with Gasteiger partial charge in [-0.15, -0.1) is 22.7 Å². The molecule has 10 rings (SSSR count). The average Bonchev–Trinajstić information content (AvgIpc) is 3.79. The Bertz CT molecular complexity index is 2700. The predicted octanol–water partition coefficient (Wildman–Crippen LogP) is 11.5. The Hall–Kier alpha value is -5.43. The Morgan fingerprint density at radius 1 is 0.422 bits per heavy atom. The van der Waals surface area contributed by atoms with Gasteiger partial charge in [0.15, 0.2) is 17.5 Å². The van der Waals surface area contributed by atoms with Crippen molar-refractivity contribution in [2.75, 3.05) is 0 Å². The Labute approximate surface area is 264 Å². The van der Waals surface area contributed by atoms with E-state index in [2.05, 4.69) is 60.7 Å². The van der Waals surface area contributed by atoms with Crippen LogP contribution in [0, 0.1) is 0 Å². The van der Waals surface area contributed by atoms with Crippen molar-refractivity contribution in [3.05, 3.63) is 127 Å². The molecule has 4 aromatic heterocycles. The number of nitrogens with zero attached hydrogens (tertiary/aromatic N) is 3. The Balaban J connectivity index is 1.25. The van der Waals surface area contributed by atoms with Crippen LogP contribution in [0.1, 0.15) is 0 Å². The summed E-state index contributed by atoms with van der Waals surface area (Å²) in [4.78, 5) is 14.9. The molecule has 0 saturated heterocycles. The van der Waals surface area contributed by atoms with Gasteiger partial charge in [-0.2, -0.15) is 0 Å². The van der Waals surface area contributed by atoms with Crippen LogP contribution in [0.2, 0.25) is 0 Å². The topological polar surface area (TPSA) is 51.8 Å². The van der Waals surface area contributed by atoms with Crippen molar-refractivity contribution in [2.24, 2.45) is 0 Å². The van der Waals surface area contributed by atoms with Gasteiger partial charge < -0.3 is 4.42 Å². The fraction of sp³-hybridized carbons (Fsp3) is 0. The van der Waals surface area contributed by atoms with Gasteiger partial charge in [0.1, 0.15) is 11.2 Å². The molecule has 4 heterocycles. The summed E-state index contributed by atoms with van der Waals surface area (Å²) in [7, 11) is 0. The molecule has 6 heteroatoms. The number of fused-ring (bicyclic) bond motifs is 11. The van der Waals surface area contributed by atoms with Gasteiger partial charge in [0.2, 0.25) is 0 Å². The van der Waals surface area contributed by atoms with Crippen molar-refractivity contribution in [1.29, 1.82) is 0 Å². The first-order valence-electron chi connectivity index (χ1n) is 14.8. The molecule has 0 saturated carbocycles. The highest BCUT2D eigenvalue weighted by molar-refractivity contribution is 7.30. The molecule has 6 aromatic carbocycles. The summed E-state index contributed by atoms with van der Waals surface area (Å²) in [6, 6.07) is 44.0. The van der Waals surface area contributed by atoms with Gasteiger partial charge in [-0.1, -0.05) is 97.1 Å². The minimum atomic E-state index is 0.589. The summed E-state index contributed by atoms with van der Waals surface area (Å²) in [6.45, 7) is 0. The largest absolute Gasteiger partial charge is 0.455 e. The van der Waals surface area contributed by atoms with Crippen molar-refractivity contribution in [2.45, 2.75) is 0 Å². The summed E-state index contributed by atoms with van der Waals surface area (Å²) in [5.74, 6) is 1.85. The van der Waals surface area contributed by atoms with E-state index >= 15 is 0 Å². The number of thiophene rings is 2. The number of furan rings is 1. The molecule has 0 aliphatic heterocycles. The molecular weight excluding hydrogens is 591 g/mol. The van der Waals surface area contributed by atoms with E-state index < -0.39 is 0 Å². The third-order valence-electron chi connectivity index (χ3n) is 8.55. The minimum Gasteiger partial charge on any atom is -0.455 e. The summed E-state index contributed by atoms with van der Waals surface area (Å²) >= 11 is 3.73. The van der Waals surface area contributed by atoms with E-state index in [9.17, 15) is 0 Å². The first-order valence-corrected chi connectivity index (χ1v) is 16.4. The van der Waals surface area contributed by atoms with Crippen LogP contribution in [0.25, 0.3) is 96.4 Å². The van der Waals surface area contributed by atoms with Gasteiger partial charge in [-0.3, -0.25) is 0 Å². The molecule has 10 aromatic rings. The number of hydrogen-bond donors (Lipinski definition) is 0. The molecule has 0 aliphatic carbocycles. The number of para-hydroxylation sites is 1. The molecule has 0 bridgehead atoms. The first kappa shape index (κ1) is 25.0. The van der Waals surface area contributed by atoms with Crippen molar-refractivity contribution in [1.82, 2.24) is 15.0 Å². The molecule has 0 spiro atoms. The molecule has 0 fully saturated rings. The molecule has 0 N–H and O–H groups in total. The Morgan fingerprint density at radius 2 is 1.04 bits per heavy atom. The van der Waals surface area contributed by atoms with E-state index in [0.717, 1.165) is 38.6 Å². The fourth-order valence-electron chi connectivity index (χ4n) is 6.49. The Kier molecular flexibility index (Phi) is 5.29. The predicted molar refractivity (Wildman–Crippen MR) is 189 cm³/mol. The van der Waals surface area contributed by atoms with Gasteiger partial charge in [0.25, 0.3) is 0 Å². The lowest BCUT2D eigenvalue weighted by Gasteiger charge is -2.08. The van der Waals surface area contributed by atoms with E-state index in [-0.39, 0.29) is 0 Å². The third-order valence-corrected chi connectivity index (χ3v) is 10.9. The standard InChI is InChI=1S/C39H21N3OS2/c1-3-10-22(11-4-1)37-40-38(23-12-5-2-6-13-23)42-39(41-37)28-16-9-15-27-32-29(43-34(27)28)20-18-24-25-19-21-31-33(36(25)45-35(24)32)26-14-7-8-17-30(26)44-31/h1-21H. The van der Waals surface area contributed by atoms with E-state index in [1.54, 1.807) is 0 Å². The van der Waals surface area contributed by atoms with Crippen LogP contribution < -0.4 is 0 Å². The van der Waals surface area contributed by atoms with Crippen molar-refractivity contribution in [3.63, 3.8) is 0 Å². The molecule has 0 unspecified atom stereocenters. The maximum atomic E-state index is 6.68. The van der Waals surface area contributed by atoms with Crippen LogP contribution in [0.15, 0.2) is 132 Å². The second kappa shape index (κ2) is 9.53. The highest BCUT2D eigenvalue weighted by Crippen LogP contribution is 2.48. The average molecular weight is 612 g/mol. The van der Waals surface area contributed by atoms with Crippen LogP contribution in [0.4, 0.5) is 0 Å². The lowest BCUT2D eigenvalue weighted by atomic mass is 10.0. The third kappa shape index (κ3) is 3.73. The van der Waals surface area contributed by atoms with Crippen molar-refractivity contribution < 1.29 is 4.42 Å². The van der Waals surface area contributed by atoms with Crippen LogP contribution >= 0.6 is 22.7 Å². The molecule has 0 radical (unpaired) electrons.